The van der Waals surface area contributed by atoms with E-state index in [4.69, 9.17) is 5.84 Å². The zero-order valence-corrected chi connectivity index (χ0v) is 10.3. The SMILES string of the molecule is Cc1cnc(NN)nc1NCCc1cscn1. The fourth-order valence-corrected chi connectivity index (χ4v) is 1.95. The first-order valence-electron chi connectivity index (χ1n) is 5.21. The highest BCUT2D eigenvalue weighted by Crippen LogP contribution is 2.12. The smallest absolute Gasteiger partial charge is 0.239 e. The Morgan fingerprint density at radius 2 is 2.29 bits per heavy atom. The van der Waals surface area contributed by atoms with Gasteiger partial charge in [0.2, 0.25) is 5.95 Å². The van der Waals surface area contributed by atoms with Crippen LogP contribution in [0, 0.1) is 6.92 Å². The largest absolute Gasteiger partial charge is 0.369 e. The van der Waals surface area contributed by atoms with Crippen molar-refractivity contribution in [3.05, 3.63) is 28.3 Å². The van der Waals surface area contributed by atoms with Gasteiger partial charge in [0.1, 0.15) is 5.82 Å². The summed E-state index contributed by atoms with van der Waals surface area (Å²) in [5.41, 5.74) is 6.34. The lowest BCUT2D eigenvalue weighted by Crippen LogP contribution is -2.13. The molecule has 90 valence electrons. The molecule has 0 saturated heterocycles. The molecule has 0 amide bonds. The highest BCUT2D eigenvalue weighted by molar-refractivity contribution is 7.07. The van der Waals surface area contributed by atoms with E-state index in [0.717, 1.165) is 30.0 Å². The number of nitrogens with zero attached hydrogens (tertiary/aromatic N) is 3. The van der Waals surface area contributed by atoms with Gasteiger partial charge in [0.15, 0.2) is 0 Å². The lowest BCUT2D eigenvalue weighted by molar-refractivity contribution is 0.958. The van der Waals surface area contributed by atoms with Gasteiger partial charge in [-0.3, -0.25) is 5.43 Å². The minimum Gasteiger partial charge on any atom is -0.369 e. The summed E-state index contributed by atoms with van der Waals surface area (Å²) < 4.78 is 0. The van der Waals surface area contributed by atoms with Crippen LogP contribution in [-0.2, 0) is 6.42 Å². The van der Waals surface area contributed by atoms with Crippen LogP contribution in [-0.4, -0.2) is 21.5 Å². The lowest BCUT2D eigenvalue weighted by Gasteiger charge is -2.08. The van der Waals surface area contributed by atoms with Gasteiger partial charge in [0.25, 0.3) is 0 Å². The number of aryl methyl sites for hydroxylation is 1. The van der Waals surface area contributed by atoms with Crippen LogP contribution in [0.4, 0.5) is 11.8 Å². The molecule has 6 nitrogen and oxygen atoms in total. The van der Waals surface area contributed by atoms with Gasteiger partial charge >= 0.3 is 0 Å². The van der Waals surface area contributed by atoms with E-state index >= 15 is 0 Å². The third-order valence-electron chi connectivity index (χ3n) is 2.26. The summed E-state index contributed by atoms with van der Waals surface area (Å²) in [5, 5.41) is 5.29. The zero-order chi connectivity index (χ0) is 12.1. The van der Waals surface area contributed by atoms with Gasteiger partial charge in [0, 0.05) is 30.1 Å². The predicted octanol–water partition coefficient (Wildman–Crippen LogP) is 1.18. The number of rotatable bonds is 5. The van der Waals surface area contributed by atoms with Crippen molar-refractivity contribution in [2.24, 2.45) is 5.84 Å². The number of thiazole rings is 1. The molecule has 4 N–H and O–H groups in total. The standard InChI is InChI=1S/C10H14N6S/c1-7-4-13-10(16-11)15-9(7)12-3-2-8-5-17-6-14-8/h4-6H,2-3,11H2,1H3,(H2,12,13,15,16). The minimum absolute atomic E-state index is 0.409. The van der Waals surface area contributed by atoms with Gasteiger partial charge in [-0.2, -0.15) is 4.98 Å². The number of hydrogen-bond donors (Lipinski definition) is 3. The predicted molar refractivity (Wildman–Crippen MR) is 68.9 cm³/mol. The summed E-state index contributed by atoms with van der Waals surface area (Å²) in [6, 6.07) is 0. The second-order valence-electron chi connectivity index (χ2n) is 3.53. The van der Waals surface area contributed by atoms with E-state index in [1.165, 1.54) is 0 Å². The zero-order valence-electron chi connectivity index (χ0n) is 9.47. The van der Waals surface area contributed by atoms with Crippen LogP contribution in [0.15, 0.2) is 17.1 Å². The molecule has 0 aliphatic carbocycles. The number of nitrogens with two attached hydrogens (primary N) is 1. The van der Waals surface area contributed by atoms with Crippen molar-refractivity contribution in [3.8, 4) is 0 Å². The fourth-order valence-electron chi connectivity index (χ4n) is 1.36. The van der Waals surface area contributed by atoms with E-state index in [0.29, 0.717) is 5.95 Å². The lowest BCUT2D eigenvalue weighted by atomic mass is 10.3. The van der Waals surface area contributed by atoms with Crippen LogP contribution < -0.4 is 16.6 Å². The number of anilines is 2. The summed E-state index contributed by atoms with van der Waals surface area (Å²) in [7, 11) is 0. The number of nitrogen functional groups attached to an aromatic ring is 1. The highest BCUT2D eigenvalue weighted by Gasteiger charge is 2.02. The Morgan fingerprint density at radius 3 is 3.00 bits per heavy atom. The molecule has 0 aliphatic rings. The molecule has 0 spiro atoms. The van der Waals surface area contributed by atoms with E-state index in [1.54, 1.807) is 17.5 Å². The van der Waals surface area contributed by atoms with Gasteiger partial charge in [0.05, 0.1) is 11.2 Å². The molecule has 0 saturated carbocycles. The van der Waals surface area contributed by atoms with E-state index in [1.807, 2.05) is 17.8 Å². The quantitative estimate of drug-likeness (QED) is 0.545. The van der Waals surface area contributed by atoms with Crippen LogP contribution in [0.1, 0.15) is 11.3 Å². The van der Waals surface area contributed by atoms with Gasteiger partial charge in [-0.1, -0.05) is 0 Å². The maximum Gasteiger partial charge on any atom is 0.239 e. The molecule has 2 heterocycles. The summed E-state index contributed by atoms with van der Waals surface area (Å²) in [4.78, 5) is 12.5. The Balaban J connectivity index is 1.94. The number of nitrogens with one attached hydrogen (secondary N) is 2. The average Bonchev–Trinajstić information content (AvgIpc) is 2.84. The van der Waals surface area contributed by atoms with Crippen molar-refractivity contribution in [1.29, 1.82) is 0 Å². The molecule has 0 fully saturated rings. The van der Waals surface area contributed by atoms with Crippen molar-refractivity contribution in [1.82, 2.24) is 15.0 Å². The average molecular weight is 250 g/mol. The van der Waals surface area contributed by atoms with Gasteiger partial charge < -0.3 is 5.32 Å². The Bertz CT molecular complexity index is 470. The Labute approximate surface area is 103 Å². The highest BCUT2D eigenvalue weighted by atomic mass is 32.1. The molecule has 0 radical (unpaired) electrons. The molecule has 17 heavy (non-hydrogen) atoms. The van der Waals surface area contributed by atoms with E-state index < -0.39 is 0 Å². The maximum atomic E-state index is 5.26. The molecule has 2 aromatic rings. The van der Waals surface area contributed by atoms with Crippen LogP contribution in [0.2, 0.25) is 0 Å². The Kier molecular flexibility index (Phi) is 3.84. The van der Waals surface area contributed by atoms with E-state index in [2.05, 4.69) is 25.7 Å². The summed E-state index contributed by atoms with van der Waals surface area (Å²) in [5.74, 6) is 6.47. The summed E-state index contributed by atoms with van der Waals surface area (Å²) in [6.45, 7) is 2.73. The van der Waals surface area contributed by atoms with Crippen LogP contribution >= 0.6 is 11.3 Å². The van der Waals surface area contributed by atoms with Gasteiger partial charge in [-0.05, 0) is 6.92 Å². The second kappa shape index (κ2) is 5.55. The molecule has 0 atom stereocenters. The third-order valence-corrected chi connectivity index (χ3v) is 2.89. The van der Waals surface area contributed by atoms with Gasteiger partial charge in [-0.25, -0.2) is 15.8 Å². The second-order valence-corrected chi connectivity index (χ2v) is 4.24. The molecule has 0 aliphatic heterocycles. The maximum absolute atomic E-state index is 5.26. The minimum atomic E-state index is 0.409. The molecule has 7 heteroatoms. The third kappa shape index (κ3) is 3.11. The first-order chi connectivity index (χ1) is 8.29. The van der Waals surface area contributed by atoms with Crippen molar-refractivity contribution in [3.63, 3.8) is 0 Å². The Morgan fingerprint density at radius 1 is 1.41 bits per heavy atom. The van der Waals surface area contributed by atoms with Crippen LogP contribution in [0.5, 0.6) is 0 Å². The first kappa shape index (κ1) is 11.7. The number of hydrogen-bond acceptors (Lipinski definition) is 7. The topological polar surface area (TPSA) is 88.8 Å². The van der Waals surface area contributed by atoms with Gasteiger partial charge in [-0.15, -0.1) is 11.3 Å². The van der Waals surface area contributed by atoms with Crippen LogP contribution in [0.3, 0.4) is 0 Å². The monoisotopic (exact) mass is 250 g/mol. The van der Waals surface area contributed by atoms with E-state index in [9.17, 15) is 0 Å². The molecule has 0 aromatic carbocycles. The number of aromatic nitrogens is 3. The summed E-state index contributed by atoms with van der Waals surface area (Å²) >= 11 is 1.60. The number of hydrazine groups is 1. The van der Waals surface area contributed by atoms with E-state index in [-0.39, 0.29) is 0 Å². The normalized spacial score (nSPS) is 10.2. The molecule has 0 bridgehead atoms. The Hall–Kier alpha value is -1.73. The molecular formula is C10H14N6S. The van der Waals surface area contributed by atoms with Crippen LogP contribution in [0.25, 0.3) is 0 Å². The molecule has 2 rings (SSSR count). The first-order valence-corrected chi connectivity index (χ1v) is 6.15. The van der Waals surface area contributed by atoms with Crippen molar-refractivity contribution in [2.75, 3.05) is 17.3 Å². The fraction of sp³-hybridized carbons (Fsp3) is 0.300. The van der Waals surface area contributed by atoms with Crippen molar-refractivity contribution < 1.29 is 0 Å². The molecule has 2 aromatic heterocycles. The molecule has 0 unspecified atom stereocenters. The summed E-state index contributed by atoms with van der Waals surface area (Å²) in [6.07, 6.45) is 2.60. The molecular weight excluding hydrogens is 236 g/mol. The van der Waals surface area contributed by atoms with Crippen molar-refractivity contribution in [2.45, 2.75) is 13.3 Å². The van der Waals surface area contributed by atoms with Crippen molar-refractivity contribution >= 4 is 23.1 Å².